The first-order chi connectivity index (χ1) is 13.2. The summed E-state index contributed by atoms with van der Waals surface area (Å²) in [6, 6.07) is 21.8. The Labute approximate surface area is 162 Å². The molecule has 4 rings (SSSR count). The van der Waals surface area contributed by atoms with Crippen molar-refractivity contribution in [1.82, 2.24) is 5.32 Å². The molecule has 0 aliphatic carbocycles. The minimum atomic E-state index is -0.138. The number of carbonyl (C=O) groups is 1. The van der Waals surface area contributed by atoms with E-state index in [1.807, 2.05) is 61.5 Å². The van der Waals surface area contributed by atoms with Crippen molar-refractivity contribution in [2.24, 2.45) is 4.99 Å². The zero-order valence-corrected chi connectivity index (χ0v) is 15.6. The van der Waals surface area contributed by atoms with E-state index < -0.39 is 0 Å². The maximum Gasteiger partial charge on any atom is 0.264 e. The molecule has 0 radical (unpaired) electrons. The van der Waals surface area contributed by atoms with Crippen LogP contribution in [-0.4, -0.2) is 17.7 Å². The van der Waals surface area contributed by atoms with Gasteiger partial charge in [0.05, 0.1) is 11.5 Å². The molecule has 3 aromatic carbocycles. The lowest BCUT2D eigenvalue weighted by Crippen LogP contribution is -2.19. The molecule has 3 aromatic rings. The molecule has 1 N–H and O–H groups in total. The first kappa shape index (κ1) is 17.4. The van der Waals surface area contributed by atoms with Crippen molar-refractivity contribution >= 4 is 45.4 Å². The third kappa shape index (κ3) is 3.73. The Morgan fingerprint density at radius 2 is 1.81 bits per heavy atom. The summed E-state index contributed by atoms with van der Waals surface area (Å²) < 4.78 is 5.60. The quantitative estimate of drug-likeness (QED) is 0.644. The van der Waals surface area contributed by atoms with E-state index in [4.69, 9.17) is 4.74 Å². The van der Waals surface area contributed by atoms with Gasteiger partial charge in [0.25, 0.3) is 5.91 Å². The molecule has 0 atom stereocenters. The molecular weight excluding hydrogens is 356 g/mol. The smallest absolute Gasteiger partial charge is 0.264 e. The standard InChI is InChI=1S/C22H18N2O2S/c1-2-26-19-13-6-5-12-18(19)23-22-24-21(25)20(27-22)14-16-10-7-9-15-8-3-4-11-17(15)16/h3-14H,2H2,1H3,(H,23,24,25)/b20-14+. The summed E-state index contributed by atoms with van der Waals surface area (Å²) in [5.74, 6) is 0.564. The monoisotopic (exact) mass is 374 g/mol. The number of benzene rings is 3. The summed E-state index contributed by atoms with van der Waals surface area (Å²) in [6.07, 6.45) is 1.92. The van der Waals surface area contributed by atoms with Crippen LogP contribution in [0.1, 0.15) is 12.5 Å². The molecule has 27 heavy (non-hydrogen) atoms. The van der Waals surface area contributed by atoms with Gasteiger partial charge in [-0.25, -0.2) is 4.99 Å². The van der Waals surface area contributed by atoms with E-state index in [2.05, 4.69) is 28.5 Å². The fourth-order valence-corrected chi connectivity index (χ4v) is 3.76. The van der Waals surface area contributed by atoms with E-state index in [1.165, 1.54) is 11.8 Å². The Kier molecular flexibility index (Phi) is 4.94. The zero-order valence-electron chi connectivity index (χ0n) is 14.8. The molecule has 5 heteroatoms. The van der Waals surface area contributed by atoms with Gasteiger partial charge in [0.1, 0.15) is 11.4 Å². The Morgan fingerprint density at radius 1 is 1.04 bits per heavy atom. The summed E-state index contributed by atoms with van der Waals surface area (Å²) in [6.45, 7) is 2.49. The first-order valence-corrected chi connectivity index (χ1v) is 9.55. The highest BCUT2D eigenvalue weighted by Gasteiger charge is 2.24. The highest BCUT2D eigenvalue weighted by Crippen LogP contribution is 2.33. The van der Waals surface area contributed by atoms with Crippen molar-refractivity contribution in [2.45, 2.75) is 6.92 Å². The van der Waals surface area contributed by atoms with Gasteiger partial charge in [-0.2, -0.15) is 0 Å². The van der Waals surface area contributed by atoms with Crippen molar-refractivity contribution < 1.29 is 9.53 Å². The van der Waals surface area contributed by atoms with Crippen molar-refractivity contribution in [3.63, 3.8) is 0 Å². The van der Waals surface area contributed by atoms with Crippen LogP contribution in [0.2, 0.25) is 0 Å². The first-order valence-electron chi connectivity index (χ1n) is 8.74. The number of aliphatic imine (C=N–C) groups is 1. The maximum atomic E-state index is 12.4. The Hall–Kier alpha value is -3.05. The lowest BCUT2D eigenvalue weighted by molar-refractivity contribution is -0.115. The lowest BCUT2D eigenvalue weighted by Gasteiger charge is -2.06. The largest absolute Gasteiger partial charge is 0.492 e. The number of carbonyl (C=O) groups excluding carboxylic acids is 1. The van der Waals surface area contributed by atoms with E-state index in [0.717, 1.165) is 16.3 Å². The van der Waals surface area contributed by atoms with Crippen molar-refractivity contribution in [1.29, 1.82) is 0 Å². The summed E-state index contributed by atoms with van der Waals surface area (Å²) in [4.78, 5) is 17.6. The molecule has 1 amide bonds. The van der Waals surface area contributed by atoms with Gasteiger partial charge >= 0.3 is 0 Å². The van der Waals surface area contributed by atoms with Gasteiger partial charge in [-0.1, -0.05) is 54.6 Å². The molecule has 4 nitrogen and oxygen atoms in total. The number of nitrogens with one attached hydrogen (secondary N) is 1. The van der Waals surface area contributed by atoms with Gasteiger partial charge in [0.2, 0.25) is 0 Å². The fraction of sp³-hybridized carbons (Fsp3) is 0.0909. The van der Waals surface area contributed by atoms with Crippen LogP contribution in [0.15, 0.2) is 76.6 Å². The Bertz CT molecular complexity index is 1070. The molecule has 0 spiro atoms. The molecule has 1 aliphatic heterocycles. The second-order valence-corrected chi connectivity index (χ2v) is 6.98. The molecule has 0 saturated carbocycles. The molecule has 1 saturated heterocycles. The number of amides is 1. The molecule has 0 bridgehead atoms. The predicted molar refractivity (Wildman–Crippen MR) is 112 cm³/mol. The van der Waals surface area contributed by atoms with Gasteiger partial charge in [-0.05, 0) is 53.2 Å². The van der Waals surface area contributed by atoms with Gasteiger partial charge in [-0.15, -0.1) is 0 Å². The van der Waals surface area contributed by atoms with Gasteiger partial charge in [-0.3, -0.25) is 4.79 Å². The van der Waals surface area contributed by atoms with Crippen molar-refractivity contribution in [3.8, 4) is 5.75 Å². The minimum absolute atomic E-state index is 0.138. The van der Waals surface area contributed by atoms with E-state index in [9.17, 15) is 4.79 Å². The summed E-state index contributed by atoms with van der Waals surface area (Å²) in [5.41, 5.74) is 1.72. The van der Waals surface area contributed by atoms with Crippen molar-refractivity contribution in [3.05, 3.63) is 77.2 Å². The van der Waals surface area contributed by atoms with E-state index in [-0.39, 0.29) is 5.91 Å². The number of fused-ring (bicyclic) bond motifs is 1. The molecule has 0 aromatic heterocycles. The number of hydrogen-bond acceptors (Lipinski definition) is 4. The highest BCUT2D eigenvalue weighted by molar-refractivity contribution is 8.18. The van der Waals surface area contributed by atoms with Crippen LogP contribution in [0.3, 0.4) is 0 Å². The summed E-state index contributed by atoms with van der Waals surface area (Å²) in [7, 11) is 0. The van der Waals surface area contributed by atoms with Crippen LogP contribution in [0, 0.1) is 0 Å². The number of para-hydroxylation sites is 2. The maximum absolute atomic E-state index is 12.4. The second-order valence-electron chi connectivity index (χ2n) is 5.95. The molecule has 1 heterocycles. The second kappa shape index (κ2) is 7.68. The van der Waals surface area contributed by atoms with E-state index in [1.54, 1.807) is 0 Å². The highest BCUT2D eigenvalue weighted by atomic mass is 32.2. The zero-order chi connectivity index (χ0) is 18.6. The van der Waals surface area contributed by atoms with Gasteiger partial charge in [0, 0.05) is 0 Å². The average Bonchev–Trinajstić information content (AvgIpc) is 3.03. The number of rotatable bonds is 4. The molecular formula is C22H18N2O2S. The van der Waals surface area contributed by atoms with Crippen LogP contribution in [0.25, 0.3) is 16.8 Å². The fourth-order valence-electron chi connectivity index (χ4n) is 2.93. The number of amidine groups is 1. The Balaban J connectivity index is 1.66. The molecule has 0 unspecified atom stereocenters. The lowest BCUT2D eigenvalue weighted by atomic mass is 10.0. The van der Waals surface area contributed by atoms with Crippen LogP contribution < -0.4 is 10.1 Å². The average molecular weight is 374 g/mol. The number of hydrogen-bond donors (Lipinski definition) is 1. The van der Waals surface area contributed by atoms with Gasteiger partial charge < -0.3 is 10.1 Å². The third-order valence-electron chi connectivity index (χ3n) is 4.15. The summed E-state index contributed by atoms with van der Waals surface area (Å²) >= 11 is 1.34. The molecule has 1 fully saturated rings. The topological polar surface area (TPSA) is 50.7 Å². The van der Waals surface area contributed by atoms with E-state index in [0.29, 0.717) is 28.1 Å². The predicted octanol–water partition coefficient (Wildman–Crippen LogP) is 5.13. The van der Waals surface area contributed by atoms with Crippen LogP contribution in [-0.2, 0) is 4.79 Å². The van der Waals surface area contributed by atoms with Crippen LogP contribution in [0.5, 0.6) is 5.75 Å². The summed E-state index contributed by atoms with van der Waals surface area (Å²) in [5, 5.41) is 5.66. The number of thioether (sulfide) groups is 1. The molecule has 1 aliphatic rings. The number of ether oxygens (including phenoxy) is 1. The minimum Gasteiger partial charge on any atom is -0.492 e. The van der Waals surface area contributed by atoms with Crippen LogP contribution >= 0.6 is 11.8 Å². The van der Waals surface area contributed by atoms with E-state index >= 15 is 0 Å². The van der Waals surface area contributed by atoms with Gasteiger partial charge in [0.15, 0.2) is 5.17 Å². The Morgan fingerprint density at radius 3 is 2.70 bits per heavy atom. The number of nitrogens with zero attached hydrogens (tertiary/aromatic N) is 1. The third-order valence-corrected chi connectivity index (χ3v) is 5.06. The normalized spacial score (nSPS) is 16.9. The molecule has 134 valence electrons. The SMILES string of the molecule is CCOc1ccccc1N=C1NC(=O)/C(=C\c2cccc3ccccc23)S1. The van der Waals surface area contributed by atoms with Crippen LogP contribution in [0.4, 0.5) is 5.69 Å². The van der Waals surface area contributed by atoms with Crippen molar-refractivity contribution in [2.75, 3.05) is 6.61 Å².